The van der Waals surface area contributed by atoms with Crippen LogP contribution in [0.5, 0.6) is 0 Å². The van der Waals surface area contributed by atoms with E-state index in [1.165, 1.54) is 128 Å². The Morgan fingerprint density at radius 3 is 1.34 bits per heavy atom. The lowest BCUT2D eigenvalue weighted by Crippen LogP contribution is -2.25. The quantitative estimate of drug-likeness (QED) is 0.0645. The van der Waals surface area contributed by atoms with Crippen LogP contribution in [-0.4, -0.2) is 43.4 Å². The van der Waals surface area contributed by atoms with Gasteiger partial charge in [-0.15, -0.1) is 0 Å². The zero-order valence-electron chi connectivity index (χ0n) is 25.7. The van der Waals surface area contributed by atoms with Crippen LogP contribution in [-0.2, 0) is 19.6 Å². The van der Waals surface area contributed by atoms with Crippen LogP contribution in [0.15, 0.2) is 24.3 Å². The molecular weight excluding hydrogens is 540 g/mol. The Labute approximate surface area is 249 Å². The van der Waals surface area contributed by atoms with E-state index >= 15 is 0 Å². The van der Waals surface area contributed by atoms with Gasteiger partial charge in [0.15, 0.2) is 0 Å². The van der Waals surface area contributed by atoms with Gasteiger partial charge in [-0.3, -0.25) is 4.55 Å². The van der Waals surface area contributed by atoms with Gasteiger partial charge in [0.05, 0.1) is 17.7 Å². The van der Waals surface area contributed by atoms with Gasteiger partial charge in [0, 0.05) is 0 Å². The van der Waals surface area contributed by atoms with Gasteiger partial charge in [0.2, 0.25) is 0 Å². The minimum atomic E-state index is -4.31. The Hall–Kier alpha value is -1.93. The van der Waals surface area contributed by atoms with Crippen LogP contribution in [0.2, 0.25) is 0 Å². The molecule has 7 nitrogen and oxygen atoms in total. The fraction of sp³-hybridized carbons (Fsp3) is 0.758. The topological polar surface area (TPSA) is 107 Å². The first-order valence-corrected chi connectivity index (χ1v) is 17.7. The molecular formula is C33H56O7S. The van der Waals surface area contributed by atoms with Crippen molar-refractivity contribution < 1.29 is 32.0 Å². The smallest absolute Gasteiger partial charge is 0.339 e. The molecule has 0 aliphatic rings. The number of unbranched alkanes of at least 4 members (excludes halogenated alkanes) is 19. The van der Waals surface area contributed by atoms with Crippen molar-refractivity contribution in [1.82, 2.24) is 0 Å². The van der Waals surface area contributed by atoms with Crippen LogP contribution in [0.1, 0.15) is 163 Å². The van der Waals surface area contributed by atoms with Crippen molar-refractivity contribution in [1.29, 1.82) is 0 Å². The predicted octanol–water partition coefficient (Wildman–Crippen LogP) is 9.10. The number of hydrogen-bond donors (Lipinski definition) is 1. The average Bonchev–Trinajstić information content (AvgIpc) is 2.95. The molecule has 236 valence electrons. The molecule has 1 atom stereocenters. The maximum absolute atomic E-state index is 12.5. The number of esters is 2. The zero-order chi connectivity index (χ0) is 30.2. The van der Waals surface area contributed by atoms with Gasteiger partial charge >= 0.3 is 11.9 Å². The fourth-order valence-electron chi connectivity index (χ4n) is 4.80. The van der Waals surface area contributed by atoms with Crippen LogP contribution in [0, 0.1) is 0 Å². The molecule has 1 rings (SSSR count). The Morgan fingerprint density at radius 1 is 0.634 bits per heavy atom. The van der Waals surface area contributed by atoms with Gasteiger partial charge in [-0.1, -0.05) is 141 Å². The first kappa shape index (κ1) is 37.1. The summed E-state index contributed by atoms with van der Waals surface area (Å²) in [5, 5.41) is -1.26. The van der Waals surface area contributed by atoms with Crippen LogP contribution >= 0.6 is 0 Å². The van der Waals surface area contributed by atoms with Gasteiger partial charge in [0.25, 0.3) is 10.1 Å². The van der Waals surface area contributed by atoms with Crippen molar-refractivity contribution in [2.45, 2.75) is 148 Å². The summed E-state index contributed by atoms with van der Waals surface area (Å²) in [7, 11) is -4.31. The predicted molar refractivity (Wildman–Crippen MR) is 166 cm³/mol. The number of hydrogen-bond acceptors (Lipinski definition) is 6. The van der Waals surface area contributed by atoms with Gasteiger partial charge < -0.3 is 9.47 Å². The lowest BCUT2D eigenvalue weighted by atomic mass is 10.0. The van der Waals surface area contributed by atoms with E-state index in [1.807, 2.05) is 0 Å². The van der Waals surface area contributed by atoms with Crippen molar-refractivity contribution in [3.63, 3.8) is 0 Å². The third-order valence-electron chi connectivity index (χ3n) is 7.56. The fourth-order valence-corrected chi connectivity index (χ4v) is 5.04. The summed E-state index contributed by atoms with van der Waals surface area (Å²) in [6, 6.07) is 6.10. The van der Waals surface area contributed by atoms with Crippen molar-refractivity contribution in [3.05, 3.63) is 35.4 Å². The molecule has 0 saturated carbocycles. The van der Waals surface area contributed by atoms with Gasteiger partial charge in [-0.05, 0) is 25.5 Å². The number of carbonyl (C=O) groups is 2. The Bertz CT molecular complexity index is 929. The van der Waals surface area contributed by atoms with Crippen LogP contribution in [0.3, 0.4) is 0 Å². The minimum absolute atomic E-state index is 0.00327. The normalized spacial score (nSPS) is 12.3. The second-order valence-corrected chi connectivity index (χ2v) is 13.2. The Kier molecular flexibility index (Phi) is 21.4. The third kappa shape index (κ3) is 19.0. The number of rotatable bonds is 26. The van der Waals surface area contributed by atoms with E-state index < -0.39 is 33.9 Å². The maximum Gasteiger partial charge on any atom is 0.339 e. The molecule has 0 amide bonds. The van der Waals surface area contributed by atoms with E-state index in [0.717, 1.165) is 19.3 Å². The zero-order valence-corrected chi connectivity index (χ0v) is 26.6. The number of ether oxygens (including phenoxy) is 2. The number of carbonyl (C=O) groups excluding carboxylic acids is 2. The summed E-state index contributed by atoms with van der Waals surface area (Å²) >= 11 is 0. The highest BCUT2D eigenvalue weighted by molar-refractivity contribution is 7.86. The second-order valence-electron chi connectivity index (χ2n) is 11.3. The van der Waals surface area contributed by atoms with Crippen molar-refractivity contribution >= 4 is 22.1 Å². The highest BCUT2D eigenvalue weighted by atomic mass is 32.2. The molecule has 0 fully saturated rings. The lowest BCUT2D eigenvalue weighted by molar-refractivity contribution is 0.0454. The molecule has 0 aromatic heterocycles. The highest BCUT2D eigenvalue weighted by Crippen LogP contribution is 2.16. The maximum atomic E-state index is 12.5. The monoisotopic (exact) mass is 596 g/mol. The molecule has 0 aliphatic heterocycles. The molecule has 0 saturated heterocycles. The van der Waals surface area contributed by atoms with E-state index in [9.17, 15) is 18.0 Å². The van der Waals surface area contributed by atoms with E-state index in [1.54, 1.807) is 12.1 Å². The molecule has 0 radical (unpaired) electrons. The van der Waals surface area contributed by atoms with Gasteiger partial charge in [-0.2, -0.15) is 8.42 Å². The largest absolute Gasteiger partial charge is 0.462 e. The van der Waals surface area contributed by atoms with Crippen molar-refractivity contribution in [2.24, 2.45) is 0 Å². The van der Waals surface area contributed by atoms with Crippen molar-refractivity contribution in [3.8, 4) is 0 Å². The molecule has 0 aliphatic carbocycles. The molecule has 0 heterocycles. The molecule has 41 heavy (non-hydrogen) atoms. The molecule has 1 aromatic rings. The van der Waals surface area contributed by atoms with Gasteiger partial charge in [-0.25, -0.2) is 9.59 Å². The molecule has 0 bridgehead atoms. The lowest BCUT2D eigenvalue weighted by Gasteiger charge is -2.12. The Balaban J connectivity index is 2.01. The standard InChI is InChI=1S/C33H56O7S/c1-3-4-5-6-7-8-9-10-11-12-13-14-15-16-17-18-19-20-21-24-27-39-32(34)30-25-22-23-26-31(30)33(35)40-28-29(2)41(36,37)38/h22-23,25-26,29H,3-21,24,27-28H2,1-2H3,(H,36,37,38). The molecule has 1 N–H and O–H groups in total. The molecule has 8 heteroatoms. The van der Waals surface area contributed by atoms with Crippen LogP contribution in [0.25, 0.3) is 0 Å². The molecule has 1 aromatic carbocycles. The summed E-state index contributed by atoms with van der Waals surface area (Å²) in [6.07, 6.45) is 26.1. The van der Waals surface area contributed by atoms with Gasteiger partial charge in [0.1, 0.15) is 11.9 Å². The molecule has 1 unspecified atom stereocenters. The third-order valence-corrected chi connectivity index (χ3v) is 8.71. The van der Waals surface area contributed by atoms with E-state index in [2.05, 4.69) is 6.92 Å². The first-order chi connectivity index (χ1) is 19.8. The summed E-state index contributed by atoms with van der Waals surface area (Å²) in [6.45, 7) is 3.26. The Morgan fingerprint density at radius 2 is 0.976 bits per heavy atom. The SMILES string of the molecule is CCCCCCCCCCCCCCCCCCCCCCOC(=O)c1ccccc1C(=O)OCC(C)S(=O)(=O)O. The second kappa shape index (κ2) is 23.6. The summed E-state index contributed by atoms with van der Waals surface area (Å²) in [5.41, 5.74) is 0.0775. The summed E-state index contributed by atoms with van der Waals surface area (Å²) < 4.78 is 41.5. The summed E-state index contributed by atoms with van der Waals surface area (Å²) in [4.78, 5) is 24.9. The minimum Gasteiger partial charge on any atom is -0.462 e. The highest BCUT2D eigenvalue weighted by Gasteiger charge is 2.23. The van der Waals surface area contributed by atoms with Crippen LogP contribution < -0.4 is 0 Å². The average molecular weight is 597 g/mol. The first-order valence-electron chi connectivity index (χ1n) is 16.2. The van der Waals surface area contributed by atoms with E-state index in [4.69, 9.17) is 14.0 Å². The number of benzene rings is 1. The van der Waals surface area contributed by atoms with E-state index in [0.29, 0.717) is 0 Å². The van der Waals surface area contributed by atoms with E-state index in [-0.39, 0.29) is 17.7 Å². The van der Waals surface area contributed by atoms with Crippen LogP contribution in [0.4, 0.5) is 0 Å². The molecule has 0 spiro atoms. The summed E-state index contributed by atoms with van der Waals surface area (Å²) in [5.74, 6) is -1.45. The van der Waals surface area contributed by atoms with Crippen molar-refractivity contribution in [2.75, 3.05) is 13.2 Å².